The summed E-state index contributed by atoms with van der Waals surface area (Å²) < 4.78 is 0. The molecule has 0 aromatic carbocycles. The lowest BCUT2D eigenvalue weighted by atomic mass is 9.89. The second-order valence-electron chi connectivity index (χ2n) is 5.72. The first-order valence-electron chi connectivity index (χ1n) is 8.40. The Bertz CT molecular complexity index is 267. The van der Waals surface area contributed by atoms with Crippen molar-refractivity contribution in [1.29, 1.82) is 0 Å². The summed E-state index contributed by atoms with van der Waals surface area (Å²) in [5.74, 6) is 0.700. The minimum atomic E-state index is 0.700. The molecule has 0 heterocycles. The lowest BCUT2D eigenvalue weighted by Gasteiger charge is -2.17. The van der Waals surface area contributed by atoms with E-state index < -0.39 is 0 Å². The molecule has 0 fully saturated rings. The predicted octanol–water partition coefficient (Wildman–Crippen LogP) is 6.18. The third-order valence-electron chi connectivity index (χ3n) is 3.88. The van der Waals surface area contributed by atoms with Crippen LogP contribution in [0.2, 0.25) is 0 Å². The number of allylic oxidation sites excluding steroid dienone is 1. The van der Waals surface area contributed by atoms with E-state index in [9.17, 15) is 0 Å². The van der Waals surface area contributed by atoms with E-state index in [1.54, 1.807) is 0 Å². The zero-order valence-electron chi connectivity index (χ0n) is 13.9. The molecule has 0 aliphatic rings. The standard InChI is InChI=1S/C18H34N2/c1-5-7-9-11-13-18(14-12-10-8-6-2)17(3)15-20-16-19-4/h15-16,18H,4-14H2,1-3H3/b17-15+,20-16-. The molecule has 0 aliphatic heterocycles. The van der Waals surface area contributed by atoms with Crippen LogP contribution < -0.4 is 0 Å². The molecule has 116 valence electrons. The van der Waals surface area contributed by atoms with E-state index in [0.717, 1.165) is 0 Å². The smallest absolute Gasteiger partial charge is 0.114 e. The van der Waals surface area contributed by atoms with E-state index in [1.165, 1.54) is 76.1 Å². The third kappa shape index (κ3) is 11.0. The highest BCUT2D eigenvalue weighted by Gasteiger charge is 2.10. The quantitative estimate of drug-likeness (QED) is 0.218. The second kappa shape index (κ2) is 14.5. The SMILES string of the molecule is C=N/C=N\C=C(/C)C(CCCCCC)CCCCCC. The maximum Gasteiger partial charge on any atom is 0.114 e. The summed E-state index contributed by atoms with van der Waals surface area (Å²) in [6.45, 7) is 10.2. The minimum Gasteiger partial charge on any atom is -0.253 e. The van der Waals surface area contributed by atoms with Gasteiger partial charge < -0.3 is 0 Å². The molecule has 2 heteroatoms. The summed E-state index contributed by atoms with van der Waals surface area (Å²) >= 11 is 0. The van der Waals surface area contributed by atoms with Crippen LogP contribution in [0.25, 0.3) is 0 Å². The largest absolute Gasteiger partial charge is 0.253 e. The van der Waals surface area contributed by atoms with Crippen LogP contribution in [-0.4, -0.2) is 13.1 Å². The fourth-order valence-electron chi connectivity index (χ4n) is 2.54. The highest BCUT2D eigenvalue weighted by molar-refractivity contribution is 5.62. The van der Waals surface area contributed by atoms with Gasteiger partial charge in [0.25, 0.3) is 0 Å². The first-order valence-corrected chi connectivity index (χ1v) is 8.40. The molecule has 0 atom stereocenters. The molecule has 0 aromatic heterocycles. The van der Waals surface area contributed by atoms with Crippen LogP contribution in [0, 0.1) is 5.92 Å². The van der Waals surface area contributed by atoms with Gasteiger partial charge in [-0.2, -0.15) is 0 Å². The van der Waals surface area contributed by atoms with Crippen LogP contribution in [0.4, 0.5) is 0 Å². The van der Waals surface area contributed by atoms with Crippen molar-refractivity contribution in [1.82, 2.24) is 0 Å². The number of hydrogen-bond donors (Lipinski definition) is 0. The van der Waals surface area contributed by atoms with Crippen LogP contribution in [-0.2, 0) is 0 Å². The molecule has 0 saturated carbocycles. The van der Waals surface area contributed by atoms with Gasteiger partial charge in [-0.05, 0) is 32.4 Å². The van der Waals surface area contributed by atoms with Crippen molar-refractivity contribution in [3.63, 3.8) is 0 Å². The Kier molecular flexibility index (Phi) is 13.8. The van der Waals surface area contributed by atoms with E-state index in [2.05, 4.69) is 37.5 Å². The molecule has 0 unspecified atom stereocenters. The lowest BCUT2D eigenvalue weighted by Crippen LogP contribution is -2.03. The van der Waals surface area contributed by atoms with Crippen LogP contribution in [0.15, 0.2) is 21.8 Å². The van der Waals surface area contributed by atoms with E-state index >= 15 is 0 Å². The second-order valence-corrected chi connectivity index (χ2v) is 5.72. The molecular weight excluding hydrogens is 244 g/mol. The van der Waals surface area contributed by atoms with Crippen molar-refractivity contribution in [2.45, 2.75) is 85.0 Å². The summed E-state index contributed by atoms with van der Waals surface area (Å²) in [4.78, 5) is 7.84. The molecule has 0 aliphatic carbocycles. The molecule has 0 radical (unpaired) electrons. The molecule has 0 rings (SSSR count). The van der Waals surface area contributed by atoms with Gasteiger partial charge in [0.05, 0.1) is 0 Å². The minimum absolute atomic E-state index is 0.700. The van der Waals surface area contributed by atoms with Gasteiger partial charge in [-0.1, -0.05) is 70.8 Å². The van der Waals surface area contributed by atoms with E-state index in [-0.39, 0.29) is 0 Å². The normalized spacial score (nSPS) is 12.5. The summed E-state index contributed by atoms with van der Waals surface area (Å²) in [5, 5.41) is 0. The van der Waals surface area contributed by atoms with Gasteiger partial charge in [0, 0.05) is 6.20 Å². The predicted molar refractivity (Wildman–Crippen MR) is 92.8 cm³/mol. The maximum atomic E-state index is 4.18. The zero-order chi connectivity index (χ0) is 15.1. The van der Waals surface area contributed by atoms with Crippen molar-refractivity contribution >= 4 is 13.1 Å². The first kappa shape index (κ1) is 19.1. The van der Waals surface area contributed by atoms with E-state index in [1.807, 2.05) is 6.20 Å². The number of hydrogen-bond acceptors (Lipinski definition) is 1. The number of aliphatic imine (C=N–C) groups is 2. The summed E-state index contributed by atoms with van der Waals surface area (Å²) in [7, 11) is 0. The first-order chi connectivity index (χ1) is 9.76. The molecule has 20 heavy (non-hydrogen) atoms. The van der Waals surface area contributed by atoms with Gasteiger partial charge in [0.15, 0.2) is 0 Å². The molecule has 0 aromatic rings. The average Bonchev–Trinajstić information content (AvgIpc) is 2.45. The molecule has 0 amide bonds. The summed E-state index contributed by atoms with van der Waals surface area (Å²) in [6, 6.07) is 0. The monoisotopic (exact) mass is 278 g/mol. The Hall–Kier alpha value is -0.920. The van der Waals surface area contributed by atoms with Gasteiger partial charge in [-0.3, -0.25) is 4.99 Å². The Balaban J connectivity index is 4.24. The molecule has 0 N–H and O–H groups in total. The van der Waals surface area contributed by atoms with Crippen molar-refractivity contribution in [3.05, 3.63) is 11.8 Å². The zero-order valence-corrected chi connectivity index (χ0v) is 13.9. The van der Waals surface area contributed by atoms with Gasteiger partial charge in [0.2, 0.25) is 0 Å². The van der Waals surface area contributed by atoms with Gasteiger partial charge in [0.1, 0.15) is 6.34 Å². The molecule has 0 bridgehead atoms. The number of unbranched alkanes of at least 4 members (excludes halogenated alkanes) is 6. The summed E-state index contributed by atoms with van der Waals surface area (Å²) in [6.07, 6.45) is 16.9. The molecule has 0 saturated heterocycles. The topological polar surface area (TPSA) is 24.7 Å². The maximum absolute atomic E-state index is 4.18. The Labute approximate surface area is 126 Å². The van der Waals surface area contributed by atoms with Crippen molar-refractivity contribution in [2.75, 3.05) is 0 Å². The van der Waals surface area contributed by atoms with Crippen LogP contribution in [0.5, 0.6) is 0 Å². The van der Waals surface area contributed by atoms with Gasteiger partial charge in [-0.15, -0.1) is 0 Å². The van der Waals surface area contributed by atoms with E-state index in [4.69, 9.17) is 0 Å². The van der Waals surface area contributed by atoms with Crippen molar-refractivity contribution in [3.8, 4) is 0 Å². The highest BCUT2D eigenvalue weighted by atomic mass is 14.8. The molecule has 2 nitrogen and oxygen atoms in total. The lowest BCUT2D eigenvalue weighted by molar-refractivity contribution is 0.454. The Morgan fingerprint density at radius 1 is 0.950 bits per heavy atom. The summed E-state index contributed by atoms with van der Waals surface area (Å²) in [5.41, 5.74) is 1.40. The van der Waals surface area contributed by atoms with Gasteiger partial charge >= 0.3 is 0 Å². The van der Waals surface area contributed by atoms with Crippen molar-refractivity contribution in [2.24, 2.45) is 15.9 Å². The van der Waals surface area contributed by atoms with E-state index in [0.29, 0.717) is 5.92 Å². The van der Waals surface area contributed by atoms with Gasteiger partial charge in [-0.25, -0.2) is 4.99 Å². The third-order valence-corrected chi connectivity index (χ3v) is 3.88. The fourth-order valence-corrected chi connectivity index (χ4v) is 2.54. The van der Waals surface area contributed by atoms with Crippen LogP contribution in [0.3, 0.4) is 0 Å². The fraction of sp³-hybridized carbons (Fsp3) is 0.778. The molecule has 0 spiro atoms. The Morgan fingerprint density at radius 2 is 1.50 bits per heavy atom. The molecular formula is C18H34N2. The highest BCUT2D eigenvalue weighted by Crippen LogP contribution is 2.25. The number of nitrogens with zero attached hydrogens (tertiary/aromatic N) is 2. The van der Waals surface area contributed by atoms with Crippen molar-refractivity contribution < 1.29 is 0 Å². The Morgan fingerprint density at radius 3 is 1.95 bits per heavy atom. The average molecular weight is 278 g/mol. The number of rotatable bonds is 13. The van der Waals surface area contributed by atoms with Crippen LogP contribution >= 0.6 is 0 Å². The van der Waals surface area contributed by atoms with Crippen LogP contribution in [0.1, 0.15) is 85.0 Å².